The molecule has 1 aromatic rings. The molecule has 1 unspecified atom stereocenters. The molecule has 0 amide bonds. The maximum absolute atomic E-state index is 11.7. The summed E-state index contributed by atoms with van der Waals surface area (Å²) in [6.07, 6.45) is 1.41. The first kappa shape index (κ1) is 11.8. The summed E-state index contributed by atoms with van der Waals surface area (Å²) in [6, 6.07) is 0. The zero-order valence-electron chi connectivity index (χ0n) is 9.81. The molecular weight excluding hydrogens is 238 g/mol. The zero-order valence-corrected chi connectivity index (χ0v) is 9.81. The molecule has 8 nitrogen and oxygen atoms in total. The smallest absolute Gasteiger partial charge is 0.236 e. The summed E-state index contributed by atoms with van der Waals surface area (Å²) in [5, 5.41) is 17.7. The van der Waals surface area contributed by atoms with Crippen LogP contribution in [-0.2, 0) is 16.0 Å². The second kappa shape index (κ2) is 5.12. The zero-order chi connectivity index (χ0) is 12.4. The van der Waals surface area contributed by atoms with Gasteiger partial charge in [0.25, 0.3) is 0 Å². The van der Waals surface area contributed by atoms with Crippen molar-refractivity contribution in [1.29, 1.82) is 0 Å². The normalized spacial score (nSPS) is 23.9. The lowest BCUT2D eigenvalue weighted by atomic mass is 10.3. The van der Waals surface area contributed by atoms with E-state index in [0.717, 1.165) is 5.56 Å². The maximum atomic E-state index is 11.7. The van der Waals surface area contributed by atoms with Crippen LogP contribution in [0.15, 0.2) is 6.20 Å². The first-order chi connectivity index (χ1) is 8.83. The molecule has 0 spiro atoms. The maximum Gasteiger partial charge on any atom is 0.236 e. The number of nitrogens with zero attached hydrogens (tertiary/aromatic N) is 2. The van der Waals surface area contributed by atoms with Crippen molar-refractivity contribution in [3.8, 4) is 0 Å². The minimum absolute atomic E-state index is 0.00457. The Kier molecular flexibility index (Phi) is 3.35. The number of anilines is 1. The van der Waals surface area contributed by atoms with E-state index in [9.17, 15) is 5.21 Å². The third-order valence-electron chi connectivity index (χ3n) is 2.85. The van der Waals surface area contributed by atoms with Crippen molar-refractivity contribution >= 4 is 11.8 Å². The summed E-state index contributed by atoms with van der Waals surface area (Å²) in [6.45, 7) is 2.67. The Morgan fingerprint density at radius 2 is 2.33 bits per heavy atom. The number of hydrogen-bond acceptors (Lipinski definition) is 7. The molecule has 0 bridgehead atoms. The summed E-state index contributed by atoms with van der Waals surface area (Å²) < 4.78 is 10.6. The molecule has 2 aliphatic heterocycles. The number of fused-ring (bicyclic) bond motifs is 1. The van der Waals surface area contributed by atoms with E-state index in [-0.39, 0.29) is 11.4 Å². The van der Waals surface area contributed by atoms with Crippen LogP contribution in [0.4, 0.5) is 11.8 Å². The number of hydrogen-bond donors (Lipinski definition) is 3. The average molecular weight is 253 g/mol. The molecule has 1 saturated heterocycles. The van der Waals surface area contributed by atoms with Gasteiger partial charge in [0.1, 0.15) is 6.67 Å². The average Bonchev–Trinajstić information content (AvgIpc) is 2.90. The Morgan fingerprint density at radius 3 is 3.17 bits per heavy atom. The number of quaternary nitrogens is 1. The summed E-state index contributed by atoms with van der Waals surface area (Å²) >= 11 is 0. The number of aromatic nitrogens is 2. The Balaban J connectivity index is 1.67. The fraction of sp³-hybridized carbons (Fsp3) is 0.600. The molecule has 3 heterocycles. The minimum Gasteiger partial charge on any atom is -0.627 e. The van der Waals surface area contributed by atoms with Crippen LogP contribution in [0.5, 0.6) is 0 Å². The number of hydroxylamine groups is 1. The minimum atomic E-state index is -0.262. The van der Waals surface area contributed by atoms with E-state index in [1.165, 1.54) is 0 Å². The largest absolute Gasteiger partial charge is 0.627 e. The molecule has 18 heavy (non-hydrogen) atoms. The van der Waals surface area contributed by atoms with E-state index in [2.05, 4.69) is 20.6 Å². The van der Waals surface area contributed by atoms with Crippen LogP contribution in [-0.4, -0.2) is 42.7 Å². The highest BCUT2D eigenvalue weighted by Crippen LogP contribution is 2.12. The van der Waals surface area contributed by atoms with Gasteiger partial charge in [-0.15, -0.1) is 0 Å². The Bertz CT molecular complexity index is 424. The van der Waals surface area contributed by atoms with Gasteiger partial charge in [0.2, 0.25) is 11.8 Å². The quantitative estimate of drug-likeness (QED) is 0.555. The summed E-state index contributed by atoms with van der Waals surface area (Å²) in [5.74, 6) is 0.933. The summed E-state index contributed by atoms with van der Waals surface area (Å²) in [7, 11) is 0. The second-order valence-electron chi connectivity index (χ2n) is 4.15. The molecular formula is C10H15N5O3. The van der Waals surface area contributed by atoms with Gasteiger partial charge < -0.3 is 25.1 Å². The molecule has 2 aliphatic rings. The van der Waals surface area contributed by atoms with Crippen molar-refractivity contribution in [2.24, 2.45) is 0 Å². The van der Waals surface area contributed by atoms with Gasteiger partial charge in [-0.3, -0.25) is 5.32 Å². The van der Waals surface area contributed by atoms with E-state index in [1.807, 2.05) is 0 Å². The van der Waals surface area contributed by atoms with Crippen molar-refractivity contribution in [2.45, 2.75) is 12.8 Å². The van der Waals surface area contributed by atoms with Crippen LogP contribution in [0.2, 0.25) is 0 Å². The predicted octanol–water partition coefficient (Wildman–Crippen LogP) is -1.66. The van der Waals surface area contributed by atoms with Gasteiger partial charge in [-0.05, 0) is 0 Å². The van der Waals surface area contributed by atoms with Gasteiger partial charge in [-0.25, -0.2) is 4.98 Å². The van der Waals surface area contributed by atoms with Crippen LogP contribution in [0.25, 0.3) is 0 Å². The van der Waals surface area contributed by atoms with Crippen LogP contribution in [0.1, 0.15) is 5.56 Å². The molecule has 1 fully saturated rings. The molecule has 0 aromatic carbocycles. The van der Waals surface area contributed by atoms with E-state index in [1.54, 1.807) is 6.20 Å². The van der Waals surface area contributed by atoms with Gasteiger partial charge in [-0.2, -0.15) is 4.98 Å². The second-order valence-corrected chi connectivity index (χ2v) is 4.15. The highest BCUT2D eigenvalue weighted by Gasteiger charge is 2.20. The fourth-order valence-electron chi connectivity index (χ4n) is 1.96. The third-order valence-corrected chi connectivity index (χ3v) is 2.85. The van der Waals surface area contributed by atoms with Gasteiger partial charge in [-0.1, -0.05) is 0 Å². The Hall–Kier alpha value is -1.32. The molecule has 1 aromatic heterocycles. The van der Waals surface area contributed by atoms with Gasteiger partial charge in [0.05, 0.1) is 25.3 Å². The van der Waals surface area contributed by atoms with E-state index in [0.29, 0.717) is 44.7 Å². The molecule has 0 radical (unpaired) electrons. The molecule has 8 heteroatoms. The van der Waals surface area contributed by atoms with Gasteiger partial charge in [0, 0.05) is 12.7 Å². The molecule has 3 N–H and O–H groups in total. The first-order valence-electron chi connectivity index (χ1n) is 5.90. The standard InChI is InChI=1S/C10H15N5O3/c16-15-6-11-3-7-4-12-10(14-9(7)15)13-5-8-17-1-2-18-8/h4,8,11,15H,1-3,5-6H2,(H,12,13,14). The van der Waals surface area contributed by atoms with Crippen LogP contribution < -0.4 is 15.7 Å². The fourth-order valence-corrected chi connectivity index (χ4v) is 1.96. The van der Waals surface area contributed by atoms with E-state index in [4.69, 9.17) is 9.47 Å². The first-order valence-corrected chi connectivity index (χ1v) is 5.90. The molecule has 0 saturated carbocycles. The summed E-state index contributed by atoms with van der Waals surface area (Å²) in [5.41, 5.74) is 0.838. The number of rotatable bonds is 3. The lowest BCUT2D eigenvalue weighted by Gasteiger charge is -2.27. The highest BCUT2D eigenvalue weighted by atomic mass is 16.7. The lowest BCUT2D eigenvalue weighted by Crippen LogP contribution is -3.05. The summed E-state index contributed by atoms with van der Waals surface area (Å²) in [4.78, 5) is 8.39. The predicted molar refractivity (Wildman–Crippen MR) is 61.9 cm³/mol. The number of ether oxygens (including phenoxy) is 2. The number of nitrogens with one attached hydrogen (secondary N) is 3. The van der Waals surface area contributed by atoms with Crippen LogP contribution >= 0.6 is 0 Å². The highest BCUT2D eigenvalue weighted by molar-refractivity contribution is 5.38. The Morgan fingerprint density at radius 1 is 1.50 bits per heavy atom. The molecule has 98 valence electrons. The van der Waals surface area contributed by atoms with Crippen molar-refractivity contribution < 1.29 is 14.5 Å². The third kappa shape index (κ3) is 2.42. The topological polar surface area (TPSA) is 95.8 Å². The van der Waals surface area contributed by atoms with Crippen molar-refractivity contribution in [3.05, 3.63) is 17.0 Å². The Labute approximate surface area is 104 Å². The van der Waals surface area contributed by atoms with E-state index < -0.39 is 0 Å². The molecule has 0 aliphatic carbocycles. The molecule has 3 rings (SSSR count). The van der Waals surface area contributed by atoms with Crippen LogP contribution in [0, 0.1) is 5.21 Å². The van der Waals surface area contributed by atoms with Crippen LogP contribution in [0.3, 0.4) is 0 Å². The monoisotopic (exact) mass is 253 g/mol. The van der Waals surface area contributed by atoms with Crippen molar-refractivity contribution in [2.75, 3.05) is 31.7 Å². The molecule has 1 atom stereocenters. The van der Waals surface area contributed by atoms with E-state index >= 15 is 0 Å². The SMILES string of the molecule is [O-][NH+]1CNCc2cnc(NCC3OCCO3)nc21. The van der Waals surface area contributed by atoms with Crippen molar-refractivity contribution in [3.63, 3.8) is 0 Å². The van der Waals surface area contributed by atoms with Gasteiger partial charge >= 0.3 is 0 Å². The van der Waals surface area contributed by atoms with Crippen molar-refractivity contribution in [1.82, 2.24) is 15.3 Å². The lowest BCUT2D eigenvalue weighted by molar-refractivity contribution is -0.786. The van der Waals surface area contributed by atoms with Gasteiger partial charge in [0.15, 0.2) is 6.29 Å².